The Morgan fingerprint density at radius 2 is 1.71 bits per heavy atom. The fourth-order valence-corrected chi connectivity index (χ4v) is 4.24. The fraction of sp³-hybridized carbons (Fsp3) is 0.652. The predicted octanol–water partition coefficient (Wildman–Crippen LogP) is 3.50. The molecule has 0 N–H and O–H groups in total. The van der Waals surface area contributed by atoms with Gasteiger partial charge >= 0.3 is 0 Å². The monoisotopic (exact) mass is 386 g/mol. The van der Waals surface area contributed by atoms with Crippen molar-refractivity contribution in [3.8, 4) is 0 Å². The fourth-order valence-electron chi connectivity index (χ4n) is 4.24. The molecule has 0 aliphatic carbocycles. The van der Waals surface area contributed by atoms with Crippen molar-refractivity contribution in [3.05, 3.63) is 35.4 Å². The van der Waals surface area contributed by atoms with Crippen molar-refractivity contribution in [1.82, 2.24) is 9.80 Å². The molecule has 5 nitrogen and oxygen atoms in total. The van der Waals surface area contributed by atoms with Crippen molar-refractivity contribution in [2.45, 2.75) is 84.1 Å². The molecule has 3 unspecified atom stereocenters. The molecule has 2 fully saturated rings. The van der Waals surface area contributed by atoms with E-state index in [0.29, 0.717) is 32.5 Å². The number of likely N-dealkylation sites (tertiary alicyclic amines) is 1. The van der Waals surface area contributed by atoms with Gasteiger partial charge in [0.1, 0.15) is 0 Å². The van der Waals surface area contributed by atoms with Crippen LogP contribution in [0, 0.1) is 0 Å². The van der Waals surface area contributed by atoms with E-state index in [0.717, 1.165) is 12.0 Å². The summed E-state index contributed by atoms with van der Waals surface area (Å²) in [5, 5.41) is 0. The maximum atomic E-state index is 12.8. The van der Waals surface area contributed by atoms with E-state index >= 15 is 0 Å². The molecular weight excluding hydrogens is 352 g/mol. The standard InChI is InChI=1S/C23H34N2O3/c1-16-13-24(14-17(2)28-16)22(27)12-20-10-11-21(26)25(20)15-18-6-8-19(9-7-18)23(3,4)5/h6-9,16-17,20H,10-15H2,1-5H3. The van der Waals surface area contributed by atoms with Crippen LogP contribution in [0.5, 0.6) is 0 Å². The number of carbonyl (C=O) groups is 2. The summed E-state index contributed by atoms with van der Waals surface area (Å²) in [6.07, 6.45) is 1.84. The summed E-state index contributed by atoms with van der Waals surface area (Å²) in [4.78, 5) is 29.1. The molecular formula is C23H34N2O3. The van der Waals surface area contributed by atoms with Crippen LogP contribution < -0.4 is 0 Å². The quantitative estimate of drug-likeness (QED) is 0.796. The van der Waals surface area contributed by atoms with E-state index in [4.69, 9.17) is 4.74 Å². The second kappa shape index (κ2) is 8.24. The lowest BCUT2D eigenvalue weighted by Crippen LogP contribution is -2.49. The van der Waals surface area contributed by atoms with E-state index in [1.807, 2.05) is 23.6 Å². The number of carbonyl (C=O) groups excluding carboxylic acids is 2. The molecule has 1 aromatic carbocycles. The summed E-state index contributed by atoms with van der Waals surface area (Å²) in [7, 11) is 0. The Morgan fingerprint density at radius 1 is 1.11 bits per heavy atom. The van der Waals surface area contributed by atoms with E-state index in [1.54, 1.807) is 0 Å². The second-order valence-corrected chi connectivity index (χ2v) is 9.42. The third kappa shape index (κ3) is 4.93. The lowest BCUT2D eigenvalue weighted by Gasteiger charge is -2.36. The molecule has 3 rings (SSSR count). The molecule has 154 valence electrons. The van der Waals surface area contributed by atoms with Crippen molar-refractivity contribution in [1.29, 1.82) is 0 Å². The molecule has 2 aliphatic heterocycles. The van der Waals surface area contributed by atoms with Gasteiger partial charge in [0, 0.05) is 38.5 Å². The van der Waals surface area contributed by atoms with Crippen LogP contribution in [0.3, 0.4) is 0 Å². The SMILES string of the molecule is CC1CN(C(=O)CC2CCC(=O)N2Cc2ccc(C(C)(C)C)cc2)CC(C)O1. The molecule has 2 saturated heterocycles. The smallest absolute Gasteiger partial charge is 0.224 e. The summed E-state index contributed by atoms with van der Waals surface area (Å²) >= 11 is 0. The van der Waals surface area contributed by atoms with Crippen LogP contribution in [0.25, 0.3) is 0 Å². The Kier molecular flexibility index (Phi) is 6.13. The van der Waals surface area contributed by atoms with Gasteiger partial charge < -0.3 is 14.5 Å². The number of hydrogen-bond donors (Lipinski definition) is 0. The number of amides is 2. The molecule has 2 heterocycles. The van der Waals surface area contributed by atoms with Crippen molar-refractivity contribution in [2.24, 2.45) is 0 Å². The minimum absolute atomic E-state index is 0.00394. The Hall–Kier alpha value is -1.88. The first-order valence-electron chi connectivity index (χ1n) is 10.5. The van der Waals surface area contributed by atoms with Gasteiger partial charge in [0.25, 0.3) is 0 Å². The van der Waals surface area contributed by atoms with Crippen LogP contribution in [-0.4, -0.2) is 53.0 Å². The summed E-state index contributed by atoms with van der Waals surface area (Å²) in [5.41, 5.74) is 2.52. The van der Waals surface area contributed by atoms with Crippen molar-refractivity contribution in [3.63, 3.8) is 0 Å². The van der Waals surface area contributed by atoms with Crippen LogP contribution in [0.1, 0.15) is 65.0 Å². The first-order valence-corrected chi connectivity index (χ1v) is 10.5. The molecule has 0 saturated carbocycles. The normalized spacial score (nSPS) is 26.0. The summed E-state index contributed by atoms with van der Waals surface area (Å²) in [6.45, 7) is 12.4. The zero-order valence-electron chi connectivity index (χ0n) is 17.9. The zero-order valence-corrected chi connectivity index (χ0v) is 17.9. The maximum absolute atomic E-state index is 12.8. The average molecular weight is 387 g/mol. The molecule has 1 aromatic rings. The van der Waals surface area contributed by atoms with E-state index in [-0.39, 0.29) is 35.5 Å². The number of ether oxygens (including phenoxy) is 1. The van der Waals surface area contributed by atoms with Crippen LogP contribution in [0.15, 0.2) is 24.3 Å². The van der Waals surface area contributed by atoms with E-state index in [9.17, 15) is 9.59 Å². The Bertz CT molecular complexity index is 698. The average Bonchev–Trinajstić information content (AvgIpc) is 2.94. The highest BCUT2D eigenvalue weighted by atomic mass is 16.5. The van der Waals surface area contributed by atoms with Crippen LogP contribution in [0.4, 0.5) is 0 Å². The number of nitrogens with zero attached hydrogens (tertiary/aromatic N) is 2. The zero-order chi connectivity index (χ0) is 20.5. The number of rotatable bonds is 4. The molecule has 2 aliphatic rings. The van der Waals surface area contributed by atoms with Crippen molar-refractivity contribution >= 4 is 11.8 Å². The Morgan fingerprint density at radius 3 is 2.29 bits per heavy atom. The molecule has 5 heteroatoms. The highest BCUT2D eigenvalue weighted by Crippen LogP contribution is 2.27. The van der Waals surface area contributed by atoms with Crippen molar-refractivity contribution in [2.75, 3.05) is 13.1 Å². The first-order chi connectivity index (χ1) is 13.1. The largest absolute Gasteiger partial charge is 0.372 e. The molecule has 0 aromatic heterocycles. The summed E-state index contributed by atoms with van der Waals surface area (Å²) in [5.74, 6) is 0.288. The van der Waals surface area contributed by atoms with Gasteiger partial charge in [-0.3, -0.25) is 9.59 Å². The third-order valence-electron chi connectivity index (χ3n) is 5.81. The van der Waals surface area contributed by atoms with Gasteiger partial charge in [0.05, 0.1) is 12.2 Å². The van der Waals surface area contributed by atoms with E-state index in [2.05, 4.69) is 45.0 Å². The number of morpholine rings is 1. The first kappa shape index (κ1) is 20.8. The van der Waals surface area contributed by atoms with Gasteiger partial charge in [-0.1, -0.05) is 45.0 Å². The molecule has 2 amide bonds. The Balaban J connectivity index is 1.64. The van der Waals surface area contributed by atoms with Crippen LogP contribution in [0.2, 0.25) is 0 Å². The highest BCUT2D eigenvalue weighted by Gasteiger charge is 2.35. The molecule has 0 radical (unpaired) electrons. The molecule has 0 spiro atoms. The second-order valence-electron chi connectivity index (χ2n) is 9.42. The summed E-state index contributed by atoms with van der Waals surface area (Å²) in [6, 6.07) is 8.50. The van der Waals surface area contributed by atoms with Gasteiger partial charge in [-0.25, -0.2) is 0 Å². The number of hydrogen-bond acceptors (Lipinski definition) is 3. The maximum Gasteiger partial charge on any atom is 0.224 e. The van der Waals surface area contributed by atoms with Gasteiger partial charge in [0.15, 0.2) is 0 Å². The predicted molar refractivity (Wildman–Crippen MR) is 110 cm³/mol. The van der Waals surface area contributed by atoms with Crippen LogP contribution in [-0.2, 0) is 26.3 Å². The molecule has 28 heavy (non-hydrogen) atoms. The van der Waals surface area contributed by atoms with E-state index in [1.165, 1.54) is 5.56 Å². The molecule has 0 bridgehead atoms. The summed E-state index contributed by atoms with van der Waals surface area (Å²) < 4.78 is 5.73. The lowest BCUT2D eigenvalue weighted by atomic mass is 9.87. The van der Waals surface area contributed by atoms with Gasteiger partial charge in [-0.2, -0.15) is 0 Å². The molecule has 3 atom stereocenters. The van der Waals surface area contributed by atoms with Crippen molar-refractivity contribution < 1.29 is 14.3 Å². The lowest BCUT2D eigenvalue weighted by molar-refractivity contribution is -0.144. The topological polar surface area (TPSA) is 49.9 Å². The Labute approximate surface area is 169 Å². The van der Waals surface area contributed by atoms with E-state index < -0.39 is 0 Å². The van der Waals surface area contributed by atoms with Crippen LogP contribution >= 0.6 is 0 Å². The third-order valence-corrected chi connectivity index (χ3v) is 5.81. The minimum Gasteiger partial charge on any atom is -0.372 e. The van der Waals surface area contributed by atoms with Gasteiger partial charge in [-0.15, -0.1) is 0 Å². The van der Waals surface area contributed by atoms with Gasteiger partial charge in [0.2, 0.25) is 11.8 Å². The number of benzene rings is 1. The highest BCUT2D eigenvalue weighted by molar-refractivity contribution is 5.82. The minimum atomic E-state index is -0.00394. The van der Waals surface area contributed by atoms with Gasteiger partial charge in [-0.05, 0) is 36.8 Å².